The van der Waals surface area contributed by atoms with Crippen LogP contribution in [0.25, 0.3) is 0 Å². The highest BCUT2D eigenvalue weighted by molar-refractivity contribution is 5.94. The van der Waals surface area contributed by atoms with Crippen LogP contribution in [0.15, 0.2) is 24.7 Å². The molecule has 1 saturated heterocycles. The highest BCUT2D eigenvalue weighted by atomic mass is 16.5. The topological polar surface area (TPSA) is 85.2 Å². The zero-order valence-corrected chi connectivity index (χ0v) is 16.1. The second-order valence-corrected chi connectivity index (χ2v) is 6.86. The van der Waals surface area contributed by atoms with Crippen molar-refractivity contribution in [2.24, 2.45) is 5.92 Å². The van der Waals surface area contributed by atoms with Gasteiger partial charge in [0.15, 0.2) is 0 Å². The van der Waals surface area contributed by atoms with Crippen molar-refractivity contribution in [2.45, 2.75) is 32.7 Å². The molecule has 0 saturated carbocycles. The maximum absolute atomic E-state index is 12.7. The number of rotatable bonds is 8. The van der Waals surface area contributed by atoms with Gasteiger partial charge in [0.2, 0.25) is 0 Å². The Balaban J connectivity index is 1.51. The number of hydrogen-bond donors (Lipinski definition) is 1. The summed E-state index contributed by atoms with van der Waals surface area (Å²) in [5.41, 5.74) is 0.629. The quantitative estimate of drug-likeness (QED) is 0.761. The zero-order valence-electron chi connectivity index (χ0n) is 16.1. The van der Waals surface area contributed by atoms with Crippen molar-refractivity contribution < 1.29 is 9.53 Å². The van der Waals surface area contributed by atoms with Gasteiger partial charge in [-0.15, -0.1) is 10.2 Å². The molecule has 1 aliphatic heterocycles. The second kappa shape index (κ2) is 9.45. The predicted molar refractivity (Wildman–Crippen MR) is 103 cm³/mol. The van der Waals surface area contributed by atoms with Crippen LogP contribution >= 0.6 is 0 Å². The number of hydrogen-bond acceptors (Lipinski definition) is 6. The molecule has 3 rings (SSSR count). The number of aryl methyl sites for hydroxylation is 1. The first-order valence-corrected chi connectivity index (χ1v) is 9.56. The summed E-state index contributed by atoms with van der Waals surface area (Å²) < 4.78 is 7.26. The van der Waals surface area contributed by atoms with Crippen LogP contribution < -0.4 is 5.32 Å². The Kier molecular flexibility index (Phi) is 6.75. The highest BCUT2D eigenvalue weighted by Crippen LogP contribution is 2.19. The van der Waals surface area contributed by atoms with Crippen molar-refractivity contribution in [3.63, 3.8) is 0 Å². The molecule has 0 bridgehead atoms. The standard InChI is InChI=1S/C19H28N6O2/c1-3-24-14-22-23-18(24)8-9-20-17-7-6-16(11-21-17)19(26)25-10-4-5-15(12-25)13-27-2/h6-7,11,14-15H,3-5,8-10,12-13H2,1-2H3,(H,20,21). The number of piperidine rings is 1. The molecule has 0 spiro atoms. The van der Waals surface area contributed by atoms with Gasteiger partial charge in [-0.05, 0) is 37.8 Å². The van der Waals surface area contributed by atoms with E-state index in [0.29, 0.717) is 24.6 Å². The third kappa shape index (κ3) is 5.03. The van der Waals surface area contributed by atoms with Gasteiger partial charge >= 0.3 is 0 Å². The van der Waals surface area contributed by atoms with Gasteiger partial charge in [-0.1, -0.05) is 0 Å². The van der Waals surface area contributed by atoms with Gasteiger partial charge in [0.05, 0.1) is 12.2 Å². The minimum atomic E-state index is 0.0471. The SMILES string of the molecule is CCn1cnnc1CCNc1ccc(C(=O)N2CCCC(COC)C2)cn1. The molecule has 1 N–H and O–H groups in total. The van der Waals surface area contributed by atoms with Gasteiger partial charge in [-0.2, -0.15) is 0 Å². The number of amides is 1. The summed E-state index contributed by atoms with van der Waals surface area (Å²) in [5.74, 6) is 2.18. The van der Waals surface area contributed by atoms with Crippen molar-refractivity contribution in [1.29, 1.82) is 0 Å². The summed E-state index contributed by atoms with van der Waals surface area (Å²) in [6.07, 6.45) is 6.30. The summed E-state index contributed by atoms with van der Waals surface area (Å²) in [6, 6.07) is 3.69. The fourth-order valence-corrected chi connectivity index (χ4v) is 3.47. The first kappa shape index (κ1) is 19.3. The number of anilines is 1. The lowest BCUT2D eigenvalue weighted by Gasteiger charge is -2.32. The highest BCUT2D eigenvalue weighted by Gasteiger charge is 2.24. The third-order valence-corrected chi connectivity index (χ3v) is 4.91. The Morgan fingerprint density at radius 1 is 1.41 bits per heavy atom. The van der Waals surface area contributed by atoms with Gasteiger partial charge in [0.25, 0.3) is 5.91 Å². The molecule has 0 aliphatic carbocycles. The molecular weight excluding hydrogens is 344 g/mol. The Hall–Kier alpha value is -2.48. The van der Waals surface area contributed by atoms with E-state index in [1.165, 1.54) is 0 Å². The second-order valence-electron chi connectivity index (χ2n) is 6.86. The summed E-state index contributed by atoms with van der Waals surface area (Å²) in [4.78, 5) is 19.0. The molecule has 1 unspecified atom stereocenters. The van der Waals surface area contributed by atoms with Gasteiger partial charge in [-0.25, -0.2) is 4.98 Å². The van der Waals surface area contributed by atoms with Crippen LogP contribution in [0.2, 0.25) is 0 Å². The molecule has 3 heterocycles. The van der Waals surface area contributed by atoms with Crippen molar-refractivity contribution in [1.82, 2.24) is 24.6 Å². The molecule has 1 amide bonds. The number of carbonyl (C=O) groups is 1. The largest absolute Gasteiger partial charge is 0.384 e. The third-order valence-electron chi connectivity index (χ3n) is 4.91. The first-order chi connectivity index (χ1) is 13.2. The van der Waals surface area contributed by atoms with E-state index in [2.05, 4.69) is 27.4 Å². The van der Waals surface area contributed by atoms with E-state index >= 15 is 0 Å². The molecule has 2 aromatic heterocycles. The first-order valence-electron chi connectivity index (χ1n) is 9.56. The maximum atomic E-state index is 12.7. The lowest BCUT2D eigenvalue weighted by atomic mass is 9.98. The van der Waals surface area contributed by atoms with E-state index < -0.39 is 0 Å². The van der Waals surface area contributed by atoms with Crippen LogP contribution in [0.1, 0.15) is 35.9 Å². The van der Waals surface area contributed by atoms with Crippen LogP contribution in [-0.4, -0.2) is 63.9 Å². The number of pyridine rings is 1. The monoisotopic (exact) mass is 372 g/mol. The normalized spacial score (nSPS) is 17.1. The van der Waals surface area contributed by atoms with Crippen LogP contribution in [0, 0.1) is 5.92 Å². The number of likely N-dealkylation sites (tertiary alicyclic amines) is 1. The fraction of sp³-hybridized carbons (Fsp3) is 0.579. The van der Waals surface area contributed by atoms with Crippen molar-refractivity contribution in [3.05, 3.63) is 36.0 Å². The van der Waals surface area contributed by atoms with E-state index in [1.54, 1.807) is 19.6 Å². The van der Waals surface area contributed by atoms with E-state index in [9.17, 15) is 4.79 Å². The molecule has 0 aromatic carbocycles. The lowest BCUT2D eigenvalue weighted by Crippen LogP contribution is -2.41. The van der Waals surface area contributed by atoms with Crippen LogP contribution in [-0.2, 0) is 17.7 Å². The van der Waals surface area contributed by atoms with E-state index in [0.717, 1.165) is 50.5 Å². The van der Waals surface area contributed by atoms with Gasteiger partial charge < -0.3 is 19.5 Å². The lowest BCUT2D eigenvalue weighted by molar-refractivity contribution is 0.0570. The van der Waals surface area contributed by atoms with E-state index in [-0.39, 0.29) is 5.91 Å². The Bertz CT molecular complexity index is 728. The molecule has 8 nitrogen and oxygen atoms in total. The zero-order chi connectivity index (χ0) is 19.1. The summed E-state index contributed by atoms with van der Waals surface area (Å²) in [7, 11) is 1.71. The molecular formula is C19H28N6O2. The Labute approximate surface area is 159 Å². The Morgan fingerprint density at radius 2 is 2.30 bits per heavy atom. The molecule has 1 atom stereocenters. The van der Waals surface area contributed by atoms with E-state index in [1.807, 2.05) is 21.6 Å². The minimum absolute atomic E-state index is 0.0471. The average Bonchev–Trinajstić information content (AvgIpc) is 3.16. The number of carbonyl (C=O) groups excluding carboxylic acids is 1. The molecule has 1 aliphatic rings. The molecule has 1 fully saturated rings. The van der Waals surface area contributed by atoms with Gasteiger partial charge in [0, 0.05) is 45.9 Å². The van der Waals surface area contributed by atoms with Crippen molar-refractivity contribution >= 4 is 11.7 Å². The number of nitrogens with zero attached hydrogens (tertiary/aromatic N) is 5. The molecule has 0 radical (unpaired) electrons. The number of nitrogens with one attached hydrogen (secondary N) is 1. The maximum Gasteiger partial charge on any atom is 0.255 e. The molecule has 27 heavy (non-hydrogen) atoms. The van der Waals surface area contributed by atoms with Crippen molar-refractivity contribution in [3.8, 4) is 0 Å². The molecule has 2 aromatic rings. The number of methoxy groups -OCH3 is 1. The Morgan fingerprint density at radius 3 is 3.04 bits per heavy atom. The number of ether oxygens (including phenoxy) is 1. The van der Waals surface area contributed by atoms with Gasteiger partial charge in [0.1, 0.15) is 18.0 Å². The van der Waals surface area contributed by atoms with Crippen LogP contribution in [0.4, 0.5) is 5.82 Å². The summed E-state index contributed by atoms with van der Waals surface area (Å²) in [5, 5.41) is 11.3. The molecule has 146 valence electrons. The molecule has 8 heteroatoms. The summed E-state index contributed by atoms with van der Waals surface area (Å²) >= 11 is 0. The smallest absolute Gasteiger partial charge is 0.255 e. The fourth-order valence-electron chi connectivity index (χ4n) is 3.47. The minimum Gasteiger partial charge on any atom is -0.384 e. The van der Waals surface area contributed by atoms with E-state index in [4.69, 9.17) is 4.74 Å². The number of aromatic nitrogens is 4. The predicted octanol–water partition coefficient (Wildman–Crippen LogP) is 1.85. The van der Waals surface area contributed by atoms with Gasteiger partial charge in [-0.3, -0.25) is 4.79 Å². The summed E-state index contributed by atoms with van der Waals surface area (Å²) in [6.45, 7) is 5.90. The van der Waals surface area contributed by atoms with Crippen LogP contribution in [0.5, 0.6) is 0 Å². The van der Waals surface area contributed by atoms with Crippen molar-refractivity contribution in [2.75, 3.05) is 38.7 Å². The van der Waals surface area contributed by atoms with Crippen LogP contribution in [0.3, 0.4) is 0 Å². The average molecular weight is 372 g/mol.